The van der Waals surface area contributed by atoms with Crippen molar-refractivity contribution in [3.63, 3.8) is 0 Å². The molecule has 2 rings (SSSR count). The van der Waals surface area contributed by atoms with E-state index in [4.69, 9.17) is 11.6 Å². The minimum absolute atomic E-state index is 0.730. The molecule has 0 atom stereocenters. The quantitative estimate of drug-likeness (QED) is 0.752. The van der Waals surface area contributed by atoms with Gasteiger partial charge in [-0.25, -0.2) is 0 Å². The number of aldehydes is 1. The number of rotatable bonds is 3. The van der Waals surface area contributed by atoms with Crippen molar-refractivity contribution in [3.05, 3.63) is 58.6 Å². The van der Waals surface area contributed by atoms with Gasteiger partial charge in [0.15, 0.2) is 0 Å². The van der Waals surface area contributed by atoms with Crippen molar-refractivity contribution >= 4 is 29.6 Å². The van der Waals surface area contributed by atoms with Crippen LogP contribution < -0.4 is 0 Å². The zero-order valence-corrected chi connectivity index (χ0v) is 10.9. The summed E-state index contributed by atoms with van der Waals surface area (Å²) in [4.78, 5) is 12.8. The summed E-state index contributed by atoms with van der Waals surface area (Å²) in [5, 5.41) is 0.745. The average Bonchev–Trinajstić information content (AvgIpc) is 2.32. The molecule has 0 N–H and O–H groups in total. The maximum absolute atomic E-state index is 10.7. The van der Waals surface area contributed by atoms with E-state index < -0.39 is 0 Å². The van der Waals surface area contributed by atoms with Gasteiger partial charge in [-0.15, -0.1) is 0 Å². The number of halogens is 1. The Morgan fingerprint density at radius 3 is 2.59 bits per heavy atom. The lowest BCUT2D eigenvalue weighted by Crippen LogP contribution is -1.86. The molecular weight excluding hydrogens is 252 g/mol. The van der Waals surface area contributed by atoms with Gasteiger partial charge in [0.2, 0.25) is 0 Å². The van der Waals surface area contributed by atoms with Gasteiger partial charge >= 0.3 is 0 Å². The molecule has 0 aliphatic rings. The summed E-state index contributed by atoms with van der Waals surface area (Å²) in [5.74, 6) is 0. The number of hydrogen-bond acceptors (Lipinski definition) is 2. The van der Waals surface area contributed by atoms with Crippen molar-refractivity contribution in [3.8, 4) is 0 Å². The molecule has 0 aromatic heterocycles. The molecule has 2 aromatic rings. The van der Waals surface area contributed by atoms with Crippen molar-refractivity contribution in [1.29, 1.82) is 0 Å². The third kappa shape index (κ3) is 2.90. The lowest BCUT2D eigenvalue weighted by Gasteiger charge is -2.05. The monoisotopic (exact) mass is 262 g/mol. The summed E-state index contributed by atoms with van der Waals surface area (Å²) in [7, 11) is 0. The number of carbonyl (C=O) groups excluding carboxylic acids is 1. The van der Waals surface area contributed by atoms with Crippen LogP contribution in [0.1, 0.15) is 15.9 Å². The number of carbonyl (C=O) groups is 1. The Morgan fingerprint density at radius 1 is 1.18 bits per heavy atom. The number of aryl methyl sites for hydroxylation is 1. The van der Waals surface area contributed by atoms with E-state index in [0.29, 0.717) is 0 Å². The highest BCUT2D eigenvalue weighted by molar-refractivity contribution is 7.99. The highest BCUT2D eigenvalue weighted by Crippen LogP contribution is 2.33. The molecule has 0 bridgehead atoms. The maximum Gasteiger partial charge on any atom is 0.150 e. The maximum atomic E-state index is 10.7. The van der Waals surface area contributed by atoms with Crippen molar-refractivity contribution in [2.24, 2.45) is 0 Å². The first kappa shape index (κ1) is 12.2. The zero-order valence-electron chi connectivity index (χ0n) is 9.31. The fraction of sp³-hybridized carbons (Fsp3) is 0.0714. The van der Waals surface area contributed by atoms with Gasteiger partial charge in [-0.1, -0.05) is 41.6 Å². The Morgan fingerprint density at radius 2 is 1.94 bits per heavy atom. The molecular formula is C14H11ClOS. The normalized spacial score (nSPS) is 10.2. The summed E-state index contributed by atoms with van der Waals surface area (Å²) in [6, 6.07) is 13.5. The van der Waals surface area contributed by atoms with E-state index >= 15 is 0 Å². The Kier molecular flexibility index (Phi) is 3.87. The molecule has 17 heavy (non-hydrogen) atoms. The van der Waals surface area contributed by atoms with Gasteiger partial charge in [-0.3, -0.25) is 4.79 Å². The SMILES string of the molecule is Cc1cc(Sc2ccccc2Cl)ccc1C=O. The molecule has 0 saturated heterocycles. The Balaban J connectivity index is 2.28. The molecule has 1 nitrogen and oxygen atoms in total. The van der Waals surface area contributed by atoms with Crippen molar-refractivity contribution in [1.82, 2.24) is 0 Å². The van der Waals surface area contributed by atoms with Crippen LogP contribution in [0.3, 0.4) is 0 Å². The Labute approximate surface area is 110 Å². The second-order valence-corrected chi connectivity index (χ2v) is 5.19. The first-order chi connectivity index (χ1) is 8.20. The van der Waals surface area contributed by atoms with Crippen LogP contribution >= 0.6 is 23.4 Å². The molecule has 0 heterocycles. The van der Waals surface area contributed by atoms with Crippen LogP contribution in [0.5, 0.6) is 0 Å². The molecule has 0 aliphatic heterocycles. The molecule has 0 aliphatic carbocycles. The first-order valence-electron chi connectivity index (χ1n) is 5.19. The van der Waals surface area contributed by atoms with Gasteiger partial charge in [0, 0.05) is 15.4 Å². The van der Waals surface area contributed by atoms with Gasteiger partial charge in [0.25, 0.3) is 0 Å². The van der Waals surface area contributed by atoms with E-state index in [0.717, 1.165) is 32.2 Å². The standard InChI is InChI=1S/C14H11ClOS/c1-10-8-12(7-6-11(10)9-16)17-14-5-3-2-4-13(14)15/h2-9H,1H3. The van der Waals surface area contributed by atoms with Crippen LogP contribution in [0, 0.1) is 6.92 Å². The topological polar surface area (TPSA) is 17.1 Å². The Hall–Kier alpha value is -1.25. The van der Waals surface area contributed by atoms with E-state index in [9.17, 15) is 4.79 Å². The van der Waals surface area contributed by atoms with Gasteiger partial charge in [0.1, 0.15) is 6.29 Å². The lowest BCUT2D eigenvalue weighted by molar-refractivity contribution is 0.112. The number of hydrogen-bond donors (Lipinski definition) is 0. The van der Waals surface area contributed by atoms with Crippen LogP contribution in [0.15, 0.2) is 52.3 Å². The lowest BCUT2D eigenvalue weighted by atomic mass is 10.1. The van der Waals surface area contributed by atoms with Crippen molar-refractivity contribution in [2.75, 3.05) is 0 Å². The highest BCUT2D eigenvalue weighted by Gasteiger charge is 2.03. The van der Waals surface area contributed by atoms with E-state index in [2.05, 4.69) is 0 Å². The van der Waals surface area contributed by atoms with Gasteiger partial charge in [0.05, 0.1) is 5.02 Å². The van der Waals surface area contributed by atoms with Gasteiger partial charge in [-0.2, -0.15) is 0 Å². The van der Waals surface area contributed by atoms with Crippen LogP contribution in [0.25, 0.3) is 0 Å². The predicted molar refractivity (Wildman–Crippen MR) is 72.1 cm³/mol. The summed E-state index contributed by atoms with van der Waals surface area (Å²) < 4.78 is 0. The molecule has 0 spiro atoms. The molecule has 3 heteroatoms. The molecule has 86 valence electrons. The van der Waals surface area contributed by atoms with Gasteiger partial charge < -0.3 is 0 Å². The second-order valence-electron chi connectivity index (χ2n) is 3.67. The zero-order chi connectivity index (χ0) is 12.3. The summed E-state index contributed by atoms with van der Waals surface area (Å²) in [6.45, 7) is 1.93. The first-order valence-corrected chi connectivity index (χ1v) is 6.38. The highest BCUT2D eigenvalue weighted by atomic mass is 35.5. The minimum atomic E-state index is 0.730. The number of benzene rings is 2. The van der Waals surface area contributed by atoms with Crippen molar-refractivity contribution < 1.29 is 4.79 Å². The minimum Gasteiger partial charge on any atom is -0.298 e. The van der Waals surface area contributed by atoms with E-state index in [1.165, 1.54) is 0 Å². The van der Waals surface area contributed by atoms with Crippen molar-refractivity contribution in [2.45, 2.75) is 16.7 Å². The molecule has 0 radical (unpaired) electrons. The third-order valence-corrected chi connectivity index (χ3v) is 3.94. The summed E-state index contributed by atoms with van der Waals surface area (Å²) >= 11 is 7.70. The van der Waals surface area contributed by atoms with Crippen LogP contribution in [0.4, 0.5) is 0 Å². The molecule has 0 saturated carbocycles. The fourth-order valence-corrected chi connectivity index (χ4v) is 2.69. The molecule has 0 amide bonds. The Bertz CT molecular complexity index is 552. The van der Waals surface area contributed by atoms with E-state index in [-0.39, 0.29) is 0 Å². The average molecular weight is 263 g/mol. The second kappa shape index (κ2) is 5.39. The molecule has 0 fully saturated rings. The molecule has 2 aromatic carbocycles. The predicted octanol–water partition coefficient (Wildman–Crippen LogP) is 4.61. The molecule has 0 unspecified atom stereocenters. The van der Waals surface area contributed by atoms with E-state index in [1.807, 2.05) is 49.4 Å². The summed E-state index contributed by atoms with van der Waals surface area (Å²) in [6.07, 6.45) is 0.874. The van der Waals surface area contributed by atoms with Gasteiger partial charge in [-0.05, 0) is 36.8 Å². The van der Waals surface area contributed by atoms with Crippen LogP contribution in [-0.2, 0) is 0 Å². The van der Waals surface area contributed by atoms with E-state index in [1.54, 1.807) is 11.8 Å². The smallest absolute Gasteiger partial charge is 0.150 e. The third-order valence-electron chi connectivity index (χ3n) is 2.43. The van der Waals surface area contributed by atoms with Crippen LogP contribution in [-0.4, -0.2) is 6.29 Å². The largest absolute Gasteiger partial charge is 0.298 e. The fourth-order valence-electron chi connectivity index (χ4n) is 1.50. The summed E-state index contributed by atoms with van der Waals surface area (Å²) in [5.41, 5.74) is 1.71. The van der Waals surface area contributed by atoms with Crippen LogP contribution in [0.2, 0.25) is 5.02 Å².